The van der Waals surface area contributed by atoms with Crippen molar-refractivity contribution in [3.05, 3.63) is 34.2 Å². The van der Waals surface area contributed by atoms with Crippen molar-refractivity contribution < 1.29 is 0 Å². The normalized spacial score (nSPS) is 41.1. The maximum atomic E-state index is 11.9. The standard InChI is InChI=1S/C12H14N2O/c1-13-6-8-5-9-10-3-2-4-11(15)14(10)12(8,9)7-13/h2-4,8-9H,5-7H2,1H3. The lowest BCUT2D eigenvalue weighted by Crippen LogP contribution is -2.67. The van der Waals surface area contributed by atoms with Crippen LogP contribution in [0.1, 0.15) is 18.0 Å². The molecule has 1 aromatic heterocycles. The molecule has 3 unspecified atom stereocenters. The van der Waals surface area contributed by atoms with Gasteiger partial charge >= 0.3 is 0 Å². The number of likely N-dealkylation sites (tertiary alicyclic amines) is 1. The molecule has 1 aromatic rings. The first-order valence-corrected chi connectivity index (χ1v) is 5.64. The SMILES string of the molecule is CN1CC2CC3c4cccc(=O)n4C23C1. The Hall–Kier alpha value is -1.09. The van der Waals surface area contributed by atoms with E-state index < -0.39 is 0 Å². The van der Waals surface area contributed by atoms with E-state index in [1.807, 2.05) is 6.07 Å². The van der Waals surface area contributed by atoms with Crippen LogP contribution in [0.25, 0.3) is 0 Å². The summed E-state index contributed by atoms with van der Waals surface area (Å²) in [5.41, 5.74) is 1.67. The average molecular weight is 202 g/mol. The number of fused-ring (bicyclic) bond motifs is 2. The zero-order valence-corrected chi connectivity index (χ0v) is 8.81. The molecule has 3 heteroatoms. The van der Waals surface area contributed by atoms with Crippen LogP contribution in [0.3, 0.4) is 0 Å². The molecule has 0 aromatic carbocycles. The lowest BCUT2D eigenvalue weighted by atomic mass is 9.53. The molecule has 3 aliphatic rings. The molecule has 3 heterocycles. The lowest BCUT2D eigenvalue weighted by molar-refractivity contribution is -0.0142. The van der Waals surface area contributed by atoms with Crippen LogP contribution in [-0.2, 0) is 5.54 Å². The van der Waals surface area contributed by atoms with Crippen LogP contribution in [0, 0.1) is 5.92 Å². The highest BCUT2D eigenvalue weighted by atomic mass is 16.1. The third kappa shape index (κ3) is 0.669. The van der Waals surface area contributed by atoms with Crippen LogP contribution >= 0.6 is 0 Å². The summed E-state index contributed by atoms with van der Waals surface area (Å²) in [4.78, 5) is 14.2. The molecular formula is C12H14N2O. The predicted octanol–water partition coefficient (Wildman–Crippen LogP) is 0.606. The zero-order valence-electron chi connectivity index (χ0n) is 8.81. The number of nitrogens with zero attached hydrogens (tertiary/aromatic N) is 2. The van der Waals surface area contributed by atoms with Gasteiger partial charge in [-0.15, -0.1) is 0 Å². The molecular weight excluding hydrogens is 188 g/mol. The van der Waals surface area contributed by atoms with Crippen LogP contribution in [0.15, 0.2) is 23.0 Å². The largest absolute Gasteiger partial charge is 0.304 e. The summed E-state index contributed by atoms with van der Waals surface area (Å²) >= 11 is 0. The number of likely N-dealkylation sites (N-methyl/N-ethyl adjacent to an activating group) is 1. The highest BCUT2D eigenvalue weighted by Gasteiger charge is 2.67. The van der Waals surface area contributed by atoms with Crippen molar-refractivity contribution in [1.29, 1.82) is 0 Å². The van der Waals surface area contributed by atoms with Crippen molar-refractivity contribution in [1.82, 2.24) is 9.47 Å². The Morgan fingerprint density at radius 3 is 3.13 bits per heavy atom. The second kappa shape index (κ2) is 2.19. The van der Waals surface area contributed by atoms with E-state index in [1.165, 1.54) is 12.1 Å². The first kappa shape index (κ1) is 8.11. The number of aromatic nitrogens is 1. The molecule has 0 radical (unpaired) electrons. The zero-order chi connectivity index (χ0) is 10.2. The van der Waals surface area contributed by atoms with Crippen molar-refractivity contribution in [3.8, 4) is 0 Å². The first-order chi connectivity index (χ1) is 7.23. The summed E-state index contributed by atoms with van der Waals surface area (Å²) in [6, 6.07) is 5.71. The summed E-state index contributed by atoms with van der Waals surface area (Å²) < 4.78 is 2.06. The Labute approximate surface area is 88.3 Å². The van der Waals surface area contributed by atoms with E-state index in [-0.39, 0.29) is 11.1 Å². The van der Waals surface area contributed by atoms with Gasteiger partial charge in [0.2, 0.25) is 0 Å². The molecule has 3 nitrogen and oxygen atoms in total. The number of pyridine rings is 1. The van der Waals surface area contributed by atoms with Gasteiger partial charge < -0.3 is 9.47 Å². The van der Waals surface area contributed by atoms with E-state index in [2.05, 4.69) is 22.6 Å². The van der Waals surface area contributed by atoms with Crippen molar-refractivity contribution in [2.24, 2.45) is 5.92 Å². The summed E-state index contributed by atoms with van der Waals surface area (Å²) in [5.74, 6) is 1.39. The molecule has 0 amide bonds. The smallest absolute Gasteiger partial charge is 0.251 e. The average Bonchev–Trinajstić information content (AvgIpc) is 2.49. The molecule has 1 saturated heterocycles. The van der Waals surface area contributed by atoms with Gasteiger partial charge in [-0.3, -0.25) is 4.79 Å². The van der Waals surface area contributed by atoms with Gasteiger partial charge in [0.05, 0.1) is 5.54 Å². The Kier molecular flexibility index (Phi) is 1.18. The fraction of sp³-hybridized carbons (Fsp3) is 0.583. The summed E-state index contributed by atoms with van der Waals surface area (Å²) in [6.07, 6.45) is 1.29. The molecule has 78 valence electrons. The van der Waals surface area contributed by atoms with Crippen LogP contribution in [-0.4, -0.2) is 29.6 Å². The predicted molar refractivity (Wildman–Crippen MR) is 57.0 cm³/mol. The van der Waals surface area contributed by atoms with Crippen molar-refractivity contribution >= 4 is 0 Å². The summed E-state index contributed by atoms with van der Waals surface area (Å²) in [6.45, 7) is 2.23. The van der Waals surface area contributed by atoms with Gasteiger partial charge in [-0.05, 0) is 25.5 Å². The third-order valence-corrected chi connectivity index (χ3v) is 4.64. The molecule has 3 atom stereocenters. The van der Waals surface area contributed by atoms with Gasteiger partial charge in [-0.2, -0.15) is 0 Å². The molecule has 0 N–H and O–H groups in total. The quantitative estimate of drug-likeness (QED) is 0.615. The van der Waals surface area contributed by atoms with E-state index in [0.717, 1.165) is 19.0 Å². The molecule has 15 heavy (non-hydrogen) atoms. The van der Waals surface area contributed by atoms with Gasteiger partial charge in [0, 0.05) is 30.8 Å². The molecule has 0 bridgehead atoms. The molecule has 2 fully saturated rings. The van der Waals surface area contributed by atoms with Crippen molar-refractivity contribution in [2.45, 2.75) is 17.9 Å². The second-order valence-corrected chi connectivity index (χ2v) is 5.30. The molecule has 2 aliphatic heterocycles. The Balaban J connectivity index is 1.95. The Morgan fingerprint density at radius 1 is 1.47 bits per heavy atom. The molecule has 4 rings (SSSR count). The minimum Gasteiger partial charge on any atom is -0.304 e. The van der Waals surface area contributed by atoms with Crippen LogP contribution in [0.4, 0.5) is 0 Å². The molecule has 1 saturated carbocycles. The van der Waals surface area contributed by atoms with Gasteiger partial charge in [-0.1, -0.05) is 6.07 Å². The summed E-state index contributed by atoms with van der Waals surface area (Å²) in [7, 11) is 2.16. The highest BCUT2D eigenvalue weighted by molar-refractivity contribution is 5.37. The fourth-order valence-corrected chi connectivity index (χ4v) is 4.10. The van der Waals surface area contributed by atoms with E-state index in [9.17, 15) is 4.79 Å². The topological polar surface area (TPSA) is 25.2 Å². The number of rotatable bonds is 0. The second-order valence-electron chi connectivity index (χ2n) is 5.30. The van der Waals surface area contributed by atoms with Crippen molar-refractivity contribution in [3.63, 3.8) is 0 Å². The molecule has 1 aliphatic carbocycles. The monoisotopic (exact) mass is 202 g/mol. The lowest BCUT2D eigenvalue weighted by Gasteiger charge is -2.62. The first-order valence-electron chi connectivity index (χ1n) is 5.64. The van der Waals surface area contributed by atoms with Crippen molar-refractivity contribution in [2.75, 3.05) is 20.1 Å². The number of hydrogen-bond acceptors (Lipinski definition) is 2. The van der Waals surface area contributed by atoms with Gasteiger partial charge in [0.1, 0.15) is 0 Å². The minimum absolute atomic E-state index is 0.197. The fourth-order valence-electron chi connectivity index (χ4n) is 4.10. The Bertz CT molecular complexity index is 507. The van der Waals surface area contributed by atoms with E-state index in [4.69, 9.17) is 0 Å². The van der Waals surface area contributed by atoms with Gasteiger partial charge in [-0.25, -0.2) is 0 Å². The van der Waals surface area contributed by atoms with Gasteiger partial charge in [0.15, 0.2) is 0 Å². The highest BCUT2D eigenvalue weighted by Crippen LogP contribution is 2.64. The maximum absolute atomic E-state index is 11.9. The molecule has 1 spiro atoms. The van der Waals surface area contributed by atoms with E-state index in [1.54, 1.807) is 6.07 Å². The number of hydrogen-bond donors (Lipinski definition) is 0. The minimum atomic E-state index is 0.197. The van der Waals surface area contributed by atoms with Gasteiger partial charge in [0.25, 0.3) is 5.56 Å². The summed E-state index contributed by atoms with van der Waals surface area (Å²) in [5, 5.41) is 0. The van der Waals surface area contributed by atoms with E-state index >= 15 is 0 Å². The van der Waals surface area contributed by atoms with Crippen LogP contribution in [0.2, 0.25) is 0 Å². The third-order valence-electron chi connectivity index (χ3n) is 4.64. The van der Waals surface area contributed by atoms with Crippen LogP contribution < -0.4 is 5.56 Å². The maximum Gasteiger partial charge on any atom is 0.251 e. The van der Waals surface area contributed by atoms with Crippen LogP contribution in [0.5, 0.6) is 0 Å². The Morgan fingerprint density at radius 2 is 2.33 bits per heavy atom. The van der Waals surface area contributed by atoms with E-state index in [0.29, 0.717) is 5.92 Å².